The van der Waals surface area contributed by atoms with Crippen LogP contribution in [0.25, 0.3) is 10.9 Å². The fourth-order valence-electron chi connectivity index (χ4n) is 3.38. The van der Waals surface area contributed by atoms with Crippen LogP contribution in [-0.2, 0) is 7.05 Å². The molecule has 1 aromatic heterocycles. The van der Waals surface area contributed by atoms with Gasteiger partial charge in [0.15, 0.2) is 0 Å². The molecular weight excluding hydrogens is 352 g/mol. The lowest BCUT2D eigenvalue weighted by atomic mass is 10.0. The quantitative estimate of drug-likeness (QED) is 0.651. The van der Waals surface area contributed by atoms with Gasteiger partial charge in [-0.1, -0.05) is 18.2 Å². The predicted octanol–water partition coefficient (Wildman–Crippen LogP) is 4.00. The molecule has 6 nitrogen and oxygen atoms in total. The number of anilines is 1. The number of rotatable bonds is 7. The van der Waals surface area contributed by atoms with Crippen LogP contribution in [0.2, 0.25) is 0 Å². The Morgan fingerprint density at radius 3 is 2.54 bits per heavy atom. The van der Waals surface area contributed by atoms with Gasteiger partial charge in [0.05, 0.1) is 12.6 Å². The summed E-state index contributed by atoms with van der Waals surface area (Å²) in [6.45, 7) is 3.06. The summed E-state index contributed by atoms with van der Waals surface area (Å²) in [4.78, 5) is 14.5. The molecule has 1 heterocycles. The zero-order valence-corrected chi connectivity index (χ0v) is 16.9. The first-order valence-corrected chi connectivity index (χ1v) is 9.47. The molecule has 148 valence electrons. The summed E-state index contributed by atoms with van der Waals surface area (Å²) in [7, 11) is 6.10. The van der Waals surface area contributed by atoms with Crippen LogP contribution in [0.5, 0.6) is 5.75 Å². The number of hydrogen-bond acceptors (Lipinski definition) is 3. The van der Waals surface area contributed by atoms with Crippen molar-refractivity contribution in [2.24, 2.45) is 7.05 Å². The van der Waals surface area contributed by atoms with Crippen LogP contribution < -0.4 is 15.4 Å². The zero-order chi connectivity index (χ0) is 20.1. The lowest BCUT2D eigenvalue weighted by molar-refractivity contribution is 0.243. The van der Waals surface area contributed by atoms with Gasteiger partial charge in [-0.15, -0.1) is 0 Å². The molecule has 3 rings (SSSR count). The summed E-state index contributed by atoms with van der Waals surface area (Å²) in [5.74, 6) is 0.789. The molecule has 0 spiro atoms. The summed E-state index contributed by atoms with van der Waals surface area (Å²) in [6.07, 6.45) is 2.14. The minimum Gasteiger partial charge on any atom is -0.494 e. The highest BCUT2D eigenvalue weighted by atomic mass is 16.5. The minimum absolute atomic E-state index is 0.0668. The van der Waals surface area contributed by atoms with E-state index in [1.54, 1.807) is 0 Å². The van der Waals surface area contributed by atoms with Gasteiger partial charge in [0.1, 0.15) is 5.75 Å². The molecule has 0 aliphatic heterocycles. The highest BCUT2D eigenvalue weighted by molar-refractivity contribution is 5.89. The Hall–Kier alpha value is -2.99. The van der Waals surface area contributed by atoms with Crippen LogP contribution in [0.4, 0.5) is 10.5 Å². The number of likely N-dealkylation sites (N-methyl/N-ethyl adjacent to an activating group) is 1. The van der Waals surface area contributed by atoms with Crippen molar-refractivity contribution in [2.75, 3.05) is 32.6 Å². The number of aryl methyl sites for hydroxylation is 1. The summed E-state index contributed by atoms with van der Waals surface area (Å²) >= 11 is 0. The number of benzene rings is 2. The minimum atomic E-state index is -0.226. The van der Waals surface area contributed by atoms with E-state index in [2.05, 4.69) is 38.4 Å². The van der Waals surface area contributed by atoms with Crippen LogP contribution in [0, 0.1) is 0 Å². The molecule has 3 aromatic rings. The van der Waals surface area contributed by atoms with E-state index in [0.29, 0.717) is 13.2 Å². The number of aromatic nitrogens is 1. The van der Waals surface area contributed by atoms with Gasteiger partial charge < -0.3 is 24.8 Å². The molecule has 0 unspecified atom stereocenters. The Kier molecular flexibility index (Phi) is 6.21. The van der Waals surface area contributed by atoms with Crippen molar-refractivity contribution < 1.29 is 9.53 Å². The molecule has 2 N–H and O–H groups in total. The van der Waals surface area contributed by atoms with Crippen LogP contribution in [0.15, 0.2) is 54.7 Å². The van der Waals surface area contributed by atoms with Crippen molar-refractivity contribution in [1.82, 2.24) is 14.8 Å². The van der Waals surface area contributed by atoms with E-state index in [4.69, 9.17) is 4.74 Å². The van der Waals surface area contributed by atoms with E-state index in [1.165, 1.54) is 16.5 Å². The SMILES string of the molecule is CCOc1ccc(NC(=O)NC[C@H](c2cn(C)c3ccccc23)N(C)C)cc1. The van der Waals surface area contributed by atoms with Crippen LogP contribution in [0.1, 0.15) is 18.5 Å². The number of nitrogens with one attached hydrogen (secondary N) is 2. The second-order valence-corrected chi connectivity index (χ2v) is 6.98. The number of carbonyl (C=O) groups excluding carboxylic acids is 1. The normalized spacial score (nSPS) is 12.2. The molecular formula is C22H28N4O2. The summed E-state index contributed by atoms with van der Waals surface area (Å²) in [5, 5.41) is 7.07. The molecule has 0 saturated carbocycles. The van der Waals surface area contributed by atoms with Crippen molar-refractivity contribution in [1.29, 1.82) is 0 Å². The number of nitrogens with zero attached hydrogens (tertiary/aromatic N) is 2. The van der Waals surface area contributed by atoms with Gasteiger partial charge in [-0.05, 0) is 56.9 Å². The lowest BCUT2D eigenvalue weighted by Crippen LogP contribution is -2.36. The van der Waals surface area contributed by atoms with Crippen molar-refractivity contribution in [3.05, 3.63) is 60.3 Å². The Morgan fingerprint density at radius 1 is 1.14 bits per heavy atom. The largest absolute Gasteiger partial charge is 0.494 e. The third kappa shape index (κ3) is 4.46. The van der Waals surface area contributed by atoms with Crippen molar-refractivity contribution in [2.45, 2.75) is 13.0 Å². The van der Waals surface area contributed by atoms with Crippen molar-refractivity contribution in [3.63, 3.8) is 0 Å². The maximum atomic E-state index is 12.4. The van der Waals surface area contributed by atoms with Crippen molar-refractivity contribution in [3.8, 4) is 5.75 Å². The maximum absolute atomic E-state index is 12.4. The molecule has 0 aliphatic carbocycles. The van der Waals surface area contributed by atoms with E-state index in [1.807, 2.05) is 64.5 Å². The molecule has 0 bridgehead atoms. The Labute approximate surface area is 166 Å². The van der Waals surface area contributed by atoms with Crippen molar-refractivity contribution >= 4 is 22.6 Å². The summed E-state index contributed by atoms with van der Waals surface area (Å²) in [5.41, 5.74) is 3.11. The van der Waals surface area contributed by atoms with Gasteiger partial charge in [0.2, 0.25) is 0 Å². The number of para-hydroxylation sites is 1. The van der Waals surface area contributed by atoms with Gasteiger partial charge in [-0.2, -0.15) is 0 Å². The number of urea groups is 1. The number of fused-ring (bicyclic) bond motifs is 1. The average Bonchev–Trinajstić information content (AvgIpc) is 3.00. The van der Waals surface area contributed by atoms with Crippen LogP contribution in [-0.4, -0.2) is 42.7 Å². The molecule has 0 radical (unpaired) electrons. The molecule has 2 aromatic carbocycles. The van der Waals surface area contributed by atoms with Crippen LogP contribution in [0.3, 0.4) is 0 Å². The molecule has 0 fully saturated rings. The second-order valence-electron chi connectivity index (χ2n) is 6.98. The fourth-order valence-corrected chi connectivity index (χ4v) is 3.38. The fraction of sp³-hybridized carbons (Fsp3) is 0.318. The molecule has 2 amide bonds. The first kappa shape index (κ1) is 19.8. The Bertz CT molecular complexity index is 931. The van der Waals surface area contributed by atoms with E-state index in [-0.39, 0.29) is 12.1 Å². The van der Waals surface area contributed by atoms with Gasteiger partial charge in [-0.25, -0.2) is 4.79 Å². The third-order valence-electron chi connectivity index (χ3n) is 4.79. The highest BCUT2D eigenvalue weighted by Gasteiger charge is 2.20. The number of ether oxygens (including phenoxy) is 1. The zero-order valence-electron chi connectivity index (χ0n) is 16.9. The highest BCUT2D eigenvalue weighted by Crippen LogP contribution is 2.28. The predicted molar refractivity (Wildman–Crippen MR) is 114 cm³/mol. The smallest absolute Gasteiger partial charge is 0.319 e. The molecule has 28 heavy (non-hydrogen) atoms. The standard InChI is InChI=1S/C22H28N4O2/c1-5-28-17-12-10-16(11-13-17)24-22(27)23-14-21(25(2)3)19-15-26(4)20-9-7-6-8-18(19)20/h6-13,15,21H,5,14H2,1-4H3,(H2,23,24,27)/t21-/m1/s1. The number of carbonyl (C=O) groups is 1. The van der Waals surface area contributed by atoms with Crippen LogP contribution >= 0.6 is 0 Å². The van der Waals surface area contributed by atoms with Gasteiger partial charge in [-0.3, -0.25) is 0 Å². The average molecular weight is 380 g/mol. The second kappa shape index (κ2) is 8.80. The molecule has 0 saturated heterocycles. The monoisotopic (exact) mass is 380 g/mol. The van der Waals surface area contributed by atoms with E-state index < -0.39 is 0 Å². The Morgan fingerprint density at radius 2 is 1.86 bits per heavy atom. The van der Waals surface area contributed by atoms with Gasteiger partial charge >= 0.3 is 6.03 Å². The summed E-state index contributed by atoms with van der Waals surface area (Å²) in [6, 6.07) is 15.5. The number of hydrogen-bond donors (Lipinski definition) is 2. The number of amides is 2. The summed E-state index contributed by atoms with van der Waals surface area (Å²) < 4.78 is 7.55. The van der Waals surface area contributed by atoms with E-state index >= 15 is 0 Å². The first-order chi connectivity index (χ1) is 13.5. The van der Waals surface area contributed by atoms with Gasteiger partial charge in [0.25, 0.3) is 0 Å². The third-order valence-corrected chi connectivity index (χ3v) is 4.79. The van der Waals surface area contributed by atoms with Gasteiger partial charge in [0, 0.05) is 36.4 Å². The molecule has 6 heteroatoms. The van der Waals surface area contributed by atoms with E-state index in [9.17, 15) is 4.79 Å². The Balaban J connectivity index is 1.67. The maximum Gasteiger partial charge on any atom is 0.319 e. The van der Waals surface area contributed by atoms with E-state index in [0.717, 1.165) is 11.4 Å². The molecule has 0 aliphatic rings. The molecule has 1 atom stereocenters. The lowest BCUT2D eigenvalue weighted by Gasteiger charge is -2.24. The first-order valence-electron chi connectivity index (χ1n) is 9.47. The topological polar surface area (TPSA) is 58.5 Å².